The smallest absolute Gasteiger partial charge is 0.134 e. The van der Waals surface area contributed by atoms with E-state index in [0.29, 0.717) is 10.5 Å². The van der Waals surface area contributed by atoms with E-state index in [2.05, 4.69) is 80.3 Å². The summed E-state index contributed by atoms with van der Waals surface area (Å²) in [6.45, 7) is 18.8. The SMILES string of the molecule is C=C/C=c1/cc(C2NCCN(Cc3ccc(C)cc3)C2=NC(C)(C)C)c(Cl)nc1=C. The van der Waals surface area contributed by atoms with Crippen LogP contribution in [0.2, 0.25) is 5.15 Å². The number of hydrogen-bond acceptors (Lipinski definition) is 3. The van der Waals surface area contributed by atoms with Gasteiger partial charge in [-0.2, -0.15) is 0 Å². The highest BCUT2D eigenvalue weighted by Gasteiger charge is 2.31. The lowest BCUT2D eigenvalue weighted by molar-refractivity contribution is 0.337. The third kappa shape index (κ3) is 5.38. The average Bonchev–Trinajstić information content (AvgIpc) is 2.66. The molecule has 2 heterocycles. The second-order valence-electron chi connectivity index (χ2n) is 8.74. The highest BCUT2D eigenvalue weighted by Crippen LogP contribution is 2.27. The van der Waals surface area contributed by atoms with Crippen LogP contribution in [0.15, 0.2) is 48.0 Å². The van der Waals surface area contributed by atoms with Crippen molar-refractivity contribution >= 4 is 30.1 Å². The fourth-order valence-corrected chi connectivity index (χ4v) is 3.83. The maximum Gasteiger partial charge on any atom is 0.134 e. The molecule has 1 aromatic carbocycles. The minimum Gasteiger partial charge on any atom is -0.353 e. The number of hydrogen-bond donors (Lipinski definition) is 1. The van der Waals surface area contributed by atoms with Crippen LogP contribution in [0.3, 0.4) is 0 Å². The Hall–Kier alpha value is -2.43. The second kappa shape index (κ2) is 9.15. The first-order valence-corrected chi connectivity index (χ1v) is 10.7. The van der Waals surface area contributed by atoms with E-state index < -0.39 is 0 Å². The molecule has 1 aromatic heterocycles. The first kappa shape index (κ1) is 22.3. The number of nitrogens with zero attached hydrogens (tertiary/aromatic N) is 3. The summed E-state index contributed by atoms with van der Waals surface area (Å²) in [5.41, 5.74) is 3.22. The Morgan fingerprint density at radius 3 is 2.63 bits per heavy atom. The fourth-order valence-electron chi connectivity index (χ4n) is 3.57. The lowest BCUT2D eigenvalue weighted by Gasteiger charge is -2.38. The minimum atomic E-state index is -0.222. The van der Waals surface area contributed by atoms with Crippen molar-refractivity contribution in [3.8, 4) is 0 Å². The number of aryl methyl sites for hydroxylation is 1. The number of piperazine rings is 1. The van der Waals surface area contributed by atoms with Crippen LogP contribution in [-0.2, 0) is 6.54 Å². The quantitative estimate of drug-likeness (QED) is 0.762. The topological polar surface area (TPSA) is 40.5 Å². The summed E-state index contributed by atoms with van der Waals surface area (Å²) in [4.78, 5) is 11.9. The summed E-state index contributed by atoms with van der Waals surface area (Å²) in [6, 6.07) is 10.6. The van der Waals surface area contributed by atoms with Gasteiger partial charge >= 0.3 is 0 Å². The predicted octanol–water partition coefficient (Wildman–Crippen LogP) is 3.76. The Balaban J connectivity index is 2.07. The maximum atomic E-state index is 6.59. The summed E-state index contributed by atoms with van der Waals surface area (Å²) in [6.07, 6.45) is 3.65. The van der Waals surface area contributed by atoms with Crippen molar-refractivity contribution in [3.05, 3.63) is 75.4 Å². The molecule has 0 radical (unpaired) electrons. The first-order chi connectivity index (χ1) is 14.2. The molecule has 0 spiro atoms. The summed E-state index contributed by atoms with van der Waals surface area (Å²) in [5, 5.41) is 5.62. The monoisotopic (exact) mass is 422 g/mol. The molecule has 1 unspecified atom stereocenters. The maximum absolute atomic E-state index is 6.59. The summed E-state index contributed by atoms with van der Waals surface area (Å²) in [7, 11) is 0. The third-order valence-electron chi connectivity index (χ3n) is 4.98. The molecule has 1 saturated heterocycles. The second-order valence-corrected chi connectivity index (χ2v) is 9.10. The summed E-state index contributed by atoms with van der Waals surface area (Å²) >= 11 is 6.59. The van der Waals surface area contributed by atoms with Crippen LogP contribution in [0.4, 0.5) is 0 Å². The Kier molecular flexibility index (Phi) is 6.79. The molecule has 0 saturated carbocycles. The number of nitrogens with one attached hydrogen (secondary N) is 1. The van der Waals surface area contributed by atoms with Crippen molar-refractivity contribution in [1.82, 2.24) is 15.2 Å². The first-order valence-electron chi connectivity index (χ1n) is 10.3. The van der Waals surface area contributed by atoms with E-state index in [0.717, 1.165) is 36.3 Å². The Morgan fingerprint density at radius 1 is 1.30 bits per heavy atom. The molecule has 1 N–H and O–H groups in total. The third-order valence-corrected chi connectivity index (χ3v) is 5.28. The van der Waals surface area contributed by atoms with Crippen LogP contribution in [0.25, 0.3) is 12.7 Å². The van der Waals surface area contributed by atoms with Gasteiger partial charge in [0.1, 0.15) is 11.0 Å². The minimum absolute atomic E-state index is 0.138. The number of aromatic nitrogens is 1. The van der Waals surface area contributed by atoms with E-state index in [1.54, 1.807) is 6.08 Å². The highest BCUT2D eigenvalue weighted by molar-refractivity contribution is 6.30. The van der Waals surface area contributed by atoms with Gasteiger partial charge in [0, 0.05) is 25.2 Å². The molecule has 4 nitrogen and oxygen atoms in total. The van der Waals surface area contributed by atoms with Crippen molar-refractivity contribution in [3.63, 3.8) is 0 Å². The molecule has 158 valence electrons. The molecule has 1 aliphatic rings. The van der Waals surface area contributed by atoms with E-state index in [-0.39, 0.29) is 11.6 Å². The van der Waals surface area contributed by atoms with Gasteiger partial charge in [0.2, 0.25) is 0 Å². The number of amidine groups is 1. The fraction of sp³-hybridized carbons (Fsp3) is 0.360. The van der Waals surface area contributed by atoms with Gasteiger partial charge in [-0.15, -0.1) is 0 Å². The van der Waals surface area contributed by atoms with E-state index in [1.807, 2.05) is 12.1 Å². The molecule has 1 aliphatic heterocycles. The Morgan fingerprint density at radius 2 is 2.00 bits per heavy atom. The molecule has 5 heteroatoms. The van der Waals surface area contributed by atoms with Crippen molar-refractivity contribution in [2.24, 2.45) is 4.99 Å². The lowest BCUT2D eigenvalue weighted by atomic mass is 10.0. The predicted molar refractivity (Wildman–Crippen MR) is 128 cm³/mol. The number of pyridine rings is 1. The van der Waals surface area contributed by atoms with Gasteiger partial charge in [0.15, 0.2) is 0 Å². The zero-order chi connectivity index (χ0) is 21.9. The van der Waals surface area contributed by atoms with E-state index in [4.69, 9.17) is 16.6 Å². The number of benzene rings is 1. The number of allylic oxidation sites excluding steroid dienone is 1. The standard InChI is InChI=1S/C25H31ClN4/c1-7-8-20-15-21(23(26)28-18(20)3)22-24(29-25(4,5)6)30(14-13-27-22)16-19-11-9-17(2)10-12-19/h7-12,15,22,27H,1,3,13-14,16H2,2,4-6H3/b20-8-,29-24?. The van der Waals surface area contributed by atoms with Crippen molar-refractivity contribution in [1.29, 1.82) is 0 Å². The zero-order valence-electron chi connectivity index (χ0n) is 18.4. The van der Waals surface area contributed by atoms with Crippen LogP contribution in [-0.4, -0.2) is 34.3 Å². The van der Waals surface area contributed by atoms with Gasteiger partial charge in [0.05, 0.1) is 16.9 Å². The largest absolute Gasteiger partial charge is 0.353 e. The molecule has 2 aromatic rings. The molecule has 3 rings (SSSR count). The van der Waals surface area contributed by atoms with Crippen LogP contribution in [0.5, 0.6) is 0 Å². The van der Waals surface area contributed by atoms with Crippen molar-refractivity contribution in [2.45, 2.75) is 45.8 Å². The van der Waals surface area contributed by atoms with E-state index >= 15 is 0 Å². The van der Waals surface area contributed by atoms with Gasteiger partial charge in [-0.1, -0.05) is 66.7 Å². The molecule has 1 fully saturated rings. The molecule has 1 atom stereocenters. The molecular formula is C25H31ClN4. The zero-order valence-corrected chi connectivity index (χ0v) is 19.1. The van der Waals surface area contributed by atoms with Crippen molar-refractivity contribution in [2.75, 3.05) is 13.1 Å². The van der Waals surface area contributed by atoms with Crippen molar-refractivity contribution < 1.29 is 0 Å². The molecule has 0 bridgehead atoms. The molecule has 30 heavy (non-hydrogen) atoms. The average molecular weight is 423 g/mol. The molecule has 0 aliphatic carbocycles. The normalized spacial score (nSPS) is 19.4. The van der Waals surface area contributed by atoms with Gasteiger partial charge in [-0.25, -0.2) is 4.98 Å². The van der Waals surface area contributed by atoms with Crippen LogP contribution >= 0.6 is 11.6 Å². The summed E-state index contributed by atoms with van der Waals surface area (Å²) < 4.78 is 0. The van der Waals surface area contributed by atoms with Gasteiger partial charge in [0.25, 0.3) is 0 Å². The Labute approximate surface area is 184 Å². The lowest BCUT2D eigenvalue weighted by Crippen LogP contribution is -2.51. The molecular weight excluding hydrogens is 392 g/mol. The van der Waals surface area contributed by atoms with Crippen LogP contribution < -0.4 is 15.9 Å². The number of rotatable bonds is 4. The number of aliphatic imine (C=N–C) groups is 1. The summed E-state index contributed by atoms with van der Waals surface area (Å²) in [5.74, 6) is 0.986. The van der Waals surface area contributed by atoms with E-state index in [9.17, 15) is 0 Å². The highest BCUT2D eigenvalue weighted by atomic mass is 35.5. The van der Waals surface area contributed by atoms with Crippen LogP contribution in [0, 0.1) is 6.92 Å². The van der Waals surface area contributed by atoms with Gasteiger partial charge < -0.3 is 10.2 Å². The molecule has 0 amide bonds. The Bertz CT molecular complexity index is 1050. The number of halogens is 1. The van der Waals surface area contributed by atoms with Gasteiger partial charge in [-0.05, 0) is 44.5 Å². The van der Waals surface area contributed by atoms with E-state index in [1.165, 1.54) is 11.1 Å². The van der Waals surface area contributed by atoms with Crippen LogP contribution in [0.1, 0.15) is 43.5 Å². The van der Waals surface area contributed by atoms with Gasteiger partial charge in [-0.3, -0.25) is 4.99 Å².